The summed E-state index contributed by atoms with van der Waals surface area (Å²) in [5.41, 5.74) is 2.90. The lowest BCUT2D eigenvalue weighted by atomic mass is 9.91. The Morgan fingerprint density at radius 3 is 2.55 bits per heavy atom. The zero-order valence-electron chi connectivity index (χ0n) is 22.1. The number of halogens is 1. The minimum atomic E-state index is -1.79. The summed E-state index contributed by atoms with van der Waals surface area (Å²) in [6.45, 7) is 5.13. The van der Waals surface area contributed by atoms with Crippen LogP contribution in [0.15, 0.2) is 27.5 Å². The van der Waals surface area contributed by atoms with Gasteiger partial charge in [0.25, 0.3) is 5.56 Å². The quantitative estimate of drug-likeness (QED) is 0.332. The van der Waals surface area contributed by atoms with Crippen molar-refractivity contribution < 1.29 is 38.9 Å². The molecule has 0 aliphatic carbocycles. The summed E-state index contributed by atoms with van der Waals surface area (Å²) < 4.78 is 20.4. The summed E-state index contributed by atoms with van der Waals surface area (Å²) in [5.74, 6) is -2.36. The van der Waals surface area contributed by atoms with Gasteiger partial charge in [-0.2, -0.15) is 0 Å². The van der Waals surface area contributed by atoms with E-state index in [2.05, 4.69) is 15.0 Å². The maximum absolute atomic E-state index is 13.4. The Labute approximate surface area is 228 Å². The van der Waals surface area contributed by atoms with E-state index in [1.807, 2.05) is 6.92 Å². The van der Waals surface area contributed by atoms with Gasteiger partial charge in [-0.1, -0.05) is 5.16 Å². The molecule has 2 aliphatic heterocycles. The second-order valence-corrected chi connectivity index (χ2v) is 10.2. The predicted octanol–water partition coefficient (Wildman–Crippen LogP) is 1.99. The Hall–Kier alpha value is -3.68. The SMILES string of the molecule is Cc1nc2n(c(=O)c1CCN1CCC(c3noc4cc(F)ccc34)CC1)CCC[C@H]2O.O=C(O)CC(O)C(=O)O. The molecule has 1 saturated heterocycles. The number of carbonyl (C=O) groups is 2. The van der Waals surface area contributed by atoms with Crippen LogP contribution in [0.2, 0.25) is 0 Å². The second kappa shape index (κ2) is 12.7. The van der Waals surface area contributed by atoms with E-state index in [0.717, 1.165) is 61.2 Å². The highest BCUT2D eigenvalue weighted by atomic mass is 19.1. The summed E-state index contributed by atoms with van der Waals surface area (Å²) in [6, 6.07) is 4.58. The van der Waals surface area contributed by atoms with Gasteiger partial charge in [0.1, 0.15) is 17.7 Å². The molecule has 1 aromatic carbocycles. The number of carboxylic acid groups (broad SMARTS) is 2. The number of aliphatic hydroxyl groups excluding tert-OH is 2. The maximum Gasteiger partial charge on any atom is 0.333 e. The molecule has 13 heteroatoms. The second-order valence-electron chi connectivity index (χ2n) is 10.2. The van der Waals surface area contributed by atoms with Crippen molar-refractivity contribution in [1.29, 1.82) is 0 Å². The topological polar surface area (TPSA) is 179 Å². The molecule has 3 aromatic rings. The molecule has 40 heavy (non-hydrogen) atoms. The van der Waals surface area contributed by atoms with Crippen LogP contribution >= 0.6 is 0 Å². The van der Waals surface area contributed by atoms with Gasteiger partial charge in [-0.3, -0.25) is 14.2 Å². The normalized spacial score (nSPS) is 18.6. The zero-order valence-corrected chi connectivity index (χ0v) is 22.1. The van der Waals surface area contributed by atoms with Gasteiger partial charge in [0, 0.05) is 41.7 Å². The van der Waals surface area contributed by atoms with Crippen LogP contribution < -0.4 is 5.56 Å². The highest BCUT2D eigenvalue weighted by molar-refractivity contribution is 5.80. The minimum absolute atomic E-state index is 0.00237. The van der Waals surface area contributed by atoms with Gasteiger partial charge in [-0.25, -0.2) is 14.2 Å². The molecule has 5 rings (SSSR count). The van der Waals surface area contributed by atoms with E-state index in [9.17, 15) is 23.9 Å². The fourth-order valence-corrected chi connectivity index (χ4v) is 5.23. The molecule has 1 unspecified atom stereocenters. The number of nitrogens with zero attached hydrogens (tertiary/aromatic N) is 4. The van der Waals surface area contributed by atoms with Crippen LogP contribution in [-0.2, 0) is 22.6 Å². The molecular weight excluding hydrogens is 527 g/mol. The highest BCUT2D eigenvalue weighted by Crippen LogP contribution is 2.33. The number of hydrogen-bond donors (Lipinski definition) is 4. The molecule has 0 spiro atoms. The van der Waals surface area contributed by atoms with E-state index < -0.39 is 30.6 Å². The largest absolute Gasteiger partial charge is 0.481 e. The summed E-state index contributed by atoms with van der Waals surface area (Å²) >= 11 is 0. The van der Waals surface area contributed by atoms with Crippen molar-refractivity contribution >= 4 is 22.9 Å². The lowest BCUT2D eigenvalue weighted by molar-refractivity contribution is -0.152. The van der Waals surface area contributed by atoms with Crippen LogP contribution in [0.4, 0.5) is 4.39 Å². The minimum Gasteiger partial charge on any atom is -0.481 e. The fraction of sp³-hybridized carbons (Fsp3) is 0.519. The van der Waals surface area contributed by atoms with Crippen molar-refractivity contribution in [3.8, 4) is 0 Å². The molecule has 0 amide bonds. The Kier molecular flexibility index (Phi) is 9.28. The van der Waals surface area contributed by atoms with Gasteiger partial charge < -0.3 is 29.8 Å². The Balaban J connectivity index is 0.000000357. The van der Waals surface area contributed by atoms with Gasteiger partial charge in [0.2, 0.25) is 0 Å². The third kappa shape index (κ3) is 6.72. The number of aryl methyl sites for hydroxylation is 1. The number of piperidine rings is 1. The van der Waals surface area contributed by atoms with Crippen LogP contribution in [0.1, 0.15) is 66.9 Å². The third-order valence-corrected chi connectivity index (χ3v) is 7.42. The van der Waals surface area contributed by atoms with Gasteiger partial charge in [-0.15, -0.1) is 0 Å². The van der Waals surface area contributed by atoms with Crippen molar-refractivity contribution in [3.63, 3.8) is 0 Å². The summed E-state index contributed by atoms with van der Waals surface area (Å²) in [5, 5.41) is 39.4. The van der Waals surface area contributed by atoms with E-state index >= 15 is 0 Å². The highest BCUT2D eigenvalue weighted by Gasteiger charge is 2.27. The Morgan fingerprint density at radius 2 is 1.90 bits per heavy atom. The molecular formula is C27H33FN4O8. The number of aromatic nitrogens is 3. The molecule has 216 valence electrons. The van der Waals surface area contributed by atoms with E-state index in [4.69, 9.17) is 19.8 Å². The van der Waals surface area contributed by atoms with Crippen molar-refractivity contribution in [1.82, 2.24) is 19.6 Å². The van der Waals surface area contributed by atoms with Crippen molar-refractivity contribution in [2.24, 2.45) is 0 Å². The first-order valence-electron chi connectivity index (χ1n) is 13.2. The first-order chi connectivity index (χ1) is 19.0. The Bertz CT molecular complexity index is 1430. The third-order valence-electron chi connectivity index (χ3n) is 7.42. The van der Waals surface area contributed by atoms with Gasteiger partial charge in [-0.05, 0) is 64.3 Å². The van der Waals surface area contributed by atoms with Crippen LogP contribution in [0, 0.1) is 12.7 Å². The van der Waals surface area contributed by atoms with Crippen molar-refractivity contribution in [3.05, 3.63) is 57.1 Å². The molecule has 2 aromatic heterocycles. The van der Waals surface area contributed by atoms with Crippen LogP contribution in [-0.4, -0.2) is 77.7 Å². The molecule has 1 fully saturated rings. The number of carboxylic acids is 2. The average molecular weight is 561 g/mol. The van der Waals surface area contributed by atoms with Gasteiger partial charge in [0.15, 0.2) is 11.7 Å². The zero-order chi connectivity index (χ0) is 29.0. The fourth-order valence-electron chi connectivity index (χ4n) is 5.23. The molecule has 0 radical (unpaired) electrons. The van der Waals surface area contributed by atoms with Crippen molar-refractivity contribution in [2.45, 2.75) is 70.1 Å². The number of aliphatic carboxylic acids is 2. The number of aliphatic hydroxyl groups is 2. The maximum atomic E-state index is 13.4. The molecule has 4 N–H and O–H groups in total. The smallest absolute Gasteiger partial charge is 0.333 e. The van der Waals surface area contributed by atoms with Gasteiger partial charge in [0.05, 0.1) is 12.1 Å². The van der Waals surface area contributed by atoms with E-state index in [1.54, 1.807) is 10.6 Å². The number of hydrogen-bond acceptors (Lipinski definition) is 9. The first-order valence-corrected chi connectivity index (χ1v) is 13.2. The molecule has 0 bridgehead atoms. The molecule has 12 nitrogen and oxygen atoms in total. The lowest BCUT2D eigenvalue weighted by Gasteiger charge is -2.31. The molecule has 0 saturated carbocycles. The van der Waals surface area contributed by atoms with Gasteiger partial charge >= 0.3 is 11.9 Å². The van der Waals surface area contributed by atoms with Crippen LogP contribution in [0.3, 0.4) is 0 Å². The number of fused-ring (bicyclic) bond motifs is 2. The van der Waals surface area contributed by atoms with Crippen molar-refractivity contribution in [2.75, 3.05) is 19.6 Å². The average Bonchev–Trinajstić information content (AvgIpc) is 3.32. The molecule has 2 atom stereocenters. The lowest BCUT2D eigenvalue weighted by Crippen LogP contribution is -2.37. The summed E-state index contributed by atoms with van der Waals surface area (Å²) in [6.07, 6.45) is 0.836. The molecule has 4 heterocycles. The standard InChI is InChI=1S/C23H27FN4O3.C4H6O5/c1-14-17(23(30)28-9-2-3-19(29)22(28)25-14)8-12-27-10-6-15(7-11-27)21-18-5-4-16(24)13-20(18)31-26-21;5-2(4(8)9)1-3(6)7/h4-5,13,15,19,29H,2-3,6-12H2,1H3;2,5H,1H2,(H,6,7)(H,8,9)/t19-;/m1./s1. The number of benzene rings is 1. The van der Waals surface area contributed by atoms with Crippen LogP contribution in [0.25, 0.3) is 11.0 Å². The monoisotopic (exact) mass is 560 g/mol. The van der Waals surface area contributed by atoms with E-state index in [-0.39, 0.29) is 11.4 Å². The first kappa shape index (κ1) is 29.3. The van der Waals surface area contributed by atoms with E-state index in [0.29, 0.717) is 36.7 Å². The predicted molar refractivity (Wildman–Crippen MR) is 139 cm³/mol. The van der Waals surface area contributed by atoms with E-state index in [1.165, 1.54) is 12.1 Å². The number of rotatable bonds is 7. The number of likely N-dealkylation sites (tertiary alicyclic amines) is 1. The van der Waals surface area contributed by atoms with Crippen LogP contribution in [0.5, 0.6) is 0 Å². The summed E-state index contributed by atoms with van der Waals surface area (Å²) in [4.78, 5) is 39.3. The molecule has 2 aliphatic rings. The summed E-state index contributed by atoms with van der Waals surface area (Å²) in [7, 11) is 0. The Morgan fingerprint density at radius 1 is 1.18 bits per heavy atom.